The number of hydrogen-bond acceptors (Lipinski definition) is 8. The molecule has 2 atom stereocenters. The summed E-state index contributed by atoms with van der Waals surface area (Å²) in [5, 5.41) is 13.6. The first kappa shape index (κ1) is 24.6. The Kier molecular flexibility index (Phi) is 7.20. The fourth-order valence-corrected chi connectivity index (χ4v) is 5.14. The third-order valence-corrected chi connectivity index (χ3v) is 6.93. The highest BCUT2D eigenvalue weighted by atomic mass is 16.6. The van der Waals surface area contributed by atoms with Gasteiger partial charge in [0.25, 0.3) is 0 Å². The molecule has 9 heteroatoms. The van der Waals surface area contributed by atoms with Crippen LogP contribution in [0.2, 0.25) is 0 Å². The Morgan fingerprint density at radius 2 is 2.09 bits per heavy atom. The minimum Gasteiger partial charge on any atom is -0.475 e. The first-order chi connectivity index (χ1) is 16.2. The van der Waals surface area contributed by atoms with Gasteiger partial charge in [-0.15, -0.1) is 0 Å². The first-order valence-electron chi connectivity index (χ1n) is 12.4. The molecule has 186 valence electrons. The van der Waals surface area contributed by atoms with E-state index in [1.165, 1.54) is 6.42 Å². The number of likely N-dealkylation sites (N-methyl/N-ethyl adjacent to an activating group) is 1. The number of carbonyl (C=O) groups excluding carboxylic acids is 1. The molecule has 0 aliphatic carbocycles. The molecule has 2 fully saturated rings. The van der Waals surface area contributed by atoms with Crippen molar-refractivity contribution in [1.82, 2.24) is 20.1 Å². The Labute approximate surface area is 203 Å². The van der Waals surface area contributed by atoms with E-state index in [0.717, 1.165) is 42.9 Å². The number of ether oxygens (including phenoxy) is 2. The van der Waals surface area contributed by atoms with E-state index in [4.69, 9.17) is 14.5 Å². The Morgan fingerprint density at radius 3 is 2.74 bits per heavy atom. The zero-order valence-corrected chi connectivity index (χ0v) is 21.2. The summed E-state index contributed by atoms with van der Waals surface area (Å²) in [5.41, 5.74) is 2.99. The van der Waals surface area contributed by atoms with E-state index in [0.29, 0.717) is 50.3 Å². The molecule has 4 rings (SSSR count). The van der Waals surface area contributed by atoms with Gasteiger partial charge in [-0.1, -0.05) is 0 Å². The standard InChI is InChI=1S/C25H38N6O3/c1-17-15-30(11-12-31(17)24(32)34-25(2,3)4)22-19-8-9-27-14-21(19)28-23(20(22)13-26)33-16-18-7-6-10-29(18)5/h17-18,27H,6-12,14-16H2,1-5H3/t17-,18-/m0/s1. The Morgan fingerprint density at radius 1 is 1.29 bits per heavy atom. The molecule has 34 heavy (non-hydrogen) atoms. The highest BCUT2D eigenvalue weighted by Gasteiger charge is 2.34. The molecular weight excluding hydrogens is 432 g/mol. The summed E-state index contributed by atoms with van der Waals surface area (Å²) >= 11 is 0. The van der Waals surface area contributed by atoms with Crippen LogP contribution in [0.5, 0.6) is 5.88 Å². The quantitative estimate of drug-likeness (QED) is 0.718. The average Bonchev–Trinajstić information content (AvgIpc) is 3.19. The molecule has 4 heterocycles. The topological polar surface area (TPSA) is 94.0 Å². The van der Waals surface area contributed by atoms with Gasteiger partial charge in [-0.3, -0.25) is 0 Å². The molecule has 3 aliphatic rings. The zero-order chi connectivity index (χ0) is 24.5. The van der Waals surface area contributed by atoms with Gasteiger partial charge in [0.1, 0.15) is 23.8 Å². The van der Waals surface area contributed by atoms with E-state index >= 15 is 0 Å². The zero-order valence-electron chi connectivity index (χ0n) is 21.2. The number of rotatable bonds is 4. The van der Waals surface area contributed by atoms with E-state index in [1.807, 2.05) is 27.7 Å². The van der Waals surface area contributed by atoms with Crippen LogP contribution < -0.4 is 15.0 Å². The lowest BCUT2D eigenvalue weighted by atomic mass is 9.98. The Balaban J connectivity index is 1.59. The molecular formula is C25H38N6O3. The van der Waals surface area contributed by atoms with Gasteiger partial charge in [0.2, 0.25) is 5.88 Å². The number of piperazine rings is 1. The van der Waals surface area contributed by atoms with Crippen molar-refractivity contribution in [2.75, 3.05) is 51.3 Å². The lowest BCUT2D eigenvalue weighted by Crippen LogP contribution is -2.55. The van der Waals surface area contributed by atoms with Crippen LogP contribution in [-0.2, 0) is 17.7 Å². The number of nitriles is 1. The second-order valence-electron chi connectivity index (χ2n) is 10.7. The van der Waals surface area contributed by atoms with Crippen LogP contribution >= 0.6 is 0 Å². The van der Waals surface area contributed by atoms with Crippen molar-refractivity contribution in [3.8, 4) is 11.9 Å². The normalized spacial score (nSPS) is 23.4. The molecule has 1 aromatic heterocycles. The minimum atomic E-state index is -0.529. The molecule has 9 nitrogen and oxygen atoms in total. The van der Waals surface area contributed by atoms with Gasteiger partial charge in [0, 0.05) is 43.8 Å². The largest absolute Gasteiger partial charge is 0.475 e. The molecule has 0 spiro atoms. The molecule has 1 N–H and O–H groups in total. The number of fused-ring (bicyclic) bond motifs is 1. The van der Waals surface area contributed by atoms with E-state index in [1.54, 1.807) is 4.90 Å². The maximum Gasteiger partial charge on any atom is 0.410 e. The van der Waals surface area contributed by atoms with Gasteiger partial charge in [-0.2, -0.15) is 5.26 Å². The summed E-state index contributed by atoms with van der Waals surface area (Å²) < 4.78 is 11.8. The minimum absolute atomic E-state index is 0.0443. The van der Waals surface area contributed by atoms with E-state index in [2.05, 4.69) is 28.2 Å². The van der Waals surface area contributed by atoms with Crippen molar-refractivity contribution in [2.45, 2.75) is 71.2 Å². The van der Waals surface area contributed by atoms with Gasteiger partial charge >= 0.3 is 6.09 Å². The molecule has 2 saturated heterocycles. The maximum absolute atomic E-state index is 12.7. The SMILES string of the molecule is C[C@H]1CN(c2c(C#N)c(OC[C@@H]3CCCN3C)nc3c2CCNC3)CCN1C(=O)OC(C)(C)C. The smallest absolute Gasteiger partial charge is 0.410 e. The van der Waals surface area contributed by atoms with E-state index in [9.17, 15) is 10.1 Å². The van der Waals surface area contributed by atoms with Crippen LogP contribution in [0.3, 0.4) is 0 Å². The summed E-state index contributed by atoms with van der Waals surface area (Å²) in [7, 11) is 2.12. The first-order valence-corrected chi connectivity index (χ1v) is 12.4. The van der Waals surface area contributed by atoms with Gasteiger partial charge in [0.15, 0.2) is 0 Å². The van der Waals surface area contributed by atoms with Gasteiger partial charge in [-0.25, -0.2) is 9.78 Å². The number of likely N-dealkylation sites (tertiary alicyclic amines) is 1. The molecule has 0 bridgehead atoms. The van der Waals surface area contributed by atoms with E-state index in [-0.39, 0.29) is 12.1 Å². The molecule has 0 aromatic carbocycles. The number of nitrogens with zero attached hydrogens (tertiary/aromatic N) is 5. The molecule has 3 aliphatic heterocycles. The van der Waals surface area contributed by atoms with Crippen molar-refractivity contribution in [3.05, 3.63) is 16.8 Å². The van der Waals surface area contributed by atoms with Gasteiger partial charge in [-0.05, 0) is 67.1 Å². The molecule has 0 saturated carbocycles. The Hall–Kier alpha value is -2.57. The van der Waals surface area contributed by atoms with Crippen molar-refractivity contribution in [2.24, 2.45) is 0 Å². The van der Waals surface area contributed by atoms with Crippen molar-refractivity contribution in [3.63, 3.8) is 0 Å². The summed E-state index contributed by atoms with van der Waals surface area (Å²) in [6, 6.07) is 2.72. The number of aromatic nitrogens is 1. The summed E-state index contributed by atoms with van der Waals surface area (Å²) in [6.45, 7) is 12.6. The van der Waals surface area contributed by atoms with Crippen LogP contribution in [0, 0.1) is 11.3 Å². The van der Waals surface area contributed by atoms with Gasteiger partial charge in [0.05, 0.1) is 11.4 Å². The number of hydrogen-bond donors (Lipinski definition) is 1. The third-order valence-electron chi connectivity index (χ3n) is 6.93. The van der Waals surface area contributed by atoms with E-state index < -0.39 is 5.60 Å². The molecule has 1 amide bonds. The Bertz CT molecular complexity index is 953. The van der Waals surface area contributed by atoms with Gasteiger partial charge < -0.3 is 29.5 Å². The van der Waals surface area contributed by atoms with Crippen LogP contribution in [0.15, 0.2) is 0 Å². The average molecular weight is 471 g/mol. The summed E-state index contributed by atoms with van der Waals surface area (Å²) in [4.78, 5) is 23.8. The number of carbonyl (C=O) groups is 1. The van der Waals surface area contributed by atoms with Crippen LogP contribution in [-0.4, -0.2) is 84.9 Å². The maximum atomic E-state index is 12.7. The second kappa shape index (κ2) is 9.96. The lowest BCUT2D eigenvalue weighted by Gasteiger charge is -2.42. The monoisotopic (exact) mass is 470 g/mol. The number of nitrogens with one attached hydrogen (secondary N) is 1. The summed E-state index contributed by atoms with van der Waals surface area (Å²) in [6.07, 6.45) is 2.80. The molecule has 0 radical (unpaired) electrons. The predicted molar refractivity (Wildman–Crippen MR) is 130 cm³/mol. The fraction of sp³-hybridized carbons (Fsp3) is 0.720. The second-order valence-corrected chi connectivity index (χ2v) is 10.7. The van der Waals surface area contributed by atoms with Crippen LogP contribution in [0.1, 0.15) is 57.4 Å². The summed E-state index contributed by atoms with van der Waals surface area (Å²) in [5.74, 6) is 0.433. The molecule has 0 unspecified atom stereocenters. The van der Waals surface area contributed by atoms with Crippen molar-refractivity contribution in [1.29, 1.82) is 5.26 Å². The molecule has 1 aromatic rings. The number of amides is 1. The van der Waals surface area contributed by atoms with Crippen LogP contribution in [0.25, 0.3) is 0 Å². The van der Waals surface area contributed by atoms with Crippen molar-refractivity contribution >= 4 is 11.8 Å². The van der Waals surface area contributed by atoms with Crippen molar-refractivity contribution < 1.29 is 14.3 Å². The highest BCUT2D eigenvalue weighted by Crippen LogP contribution is 2.36. The predicted octanol–water partition coefficient (Wildman–Crippen LogP) is 2.52. The third kappa shape index (κ3) is 5.23. The number of anilines is 1. The van der Waals surface area contributed by atoms with Crippen LogP contribution in [0.4, 0.5) is 10.5 Å². The highest BCUT2D eigenvalue weighted by molar-refractivity contribution is 5.72. The lowest BCUT2D eigenvalue weighted by molar-refractivity contribution is 0.0159. The number of pyridine rings is 1. The fourth-order valence-electron chi connectivity index (χ4n) is 5.14.